The fraction of sp³-hybridized carbons (Fsp3) is 0.0769. The van der Waals surface area contributed by atoms with Crippen LogP contribution in [0.1, 0.15) is 15.9 Å². The molecule has 0 saturated heterocycles. The summed E-state index contributed by atoms with van der Waals surface area (Å²) in [5.74, 6) is -1.21. The fourth-order valence-electron chi connectivity index (χ4n) is 1.50. The summed E-state index contributed by atoms with van der Waals surface area (Å²) in [6.07, 6.45) is 2.40. The van der Waals surface area contributed by atoms with Crippen molar-refractivity contribution in [1.29, 1.82) is 0 Å². The van der Waals surface area contributed by atoms with E-state index >= 15 is 0 Å². The van der Waals surface area contributed by atoms with Gasteiger partial charge in [-0.2, -0.15) is 0 Å². The van der Waals surface area contributed by atoms with Crippen molar-refractivity contribution in [2.24, 2.45) is 0 Å². The first kappa shape index (κ1) is 12.8. The maximum absolute atomic E-state index is 12.9. The van der Waals surface area contributed by atoms with E-state index in [1.165, 1.54) is 24.4 Å². The van der Waals surface area contributed by atoms with Crippen molar-refractivity contribution < 1.29 is 13.6 Å². The molecule has 5 heteroatoms. The van der Waals surface area contributed by atoms with E-state index < -0.39 is 5.82 Å². The van der Waals surface area contributed by atoms with Crippen molar-refractivity contribution in [1.82, 2.24) is 4.98 Å². The monoisotopic (exact) mass is 311 g/mol. The van der Waals surface area contributed by atoms with E-state index in [0.717, 1.165) is 12.3 Å². The second-order valence-electron chi connectivity index (χ2n) is 3.73. The third-order valence-electron chi connectivity index (χ3n) is 2.39. The van der Waals surface area contributed by atoms with Crippen LogP contribution in [0.15, 0.2) is 41.1 Å². The van der Waals surface area contributed by atoms with Gasteiger partial charge in [-0.1, -0.05) is 22.0 Å². The molecule has 0 amide bonds. The highest BCUT2D eigenvalue weighted by atomic mass is 79.9. The molecule has 0 radical (unpaired) electrons. The summed E-state index contributed by atoms with van der Waals surface area (Å²) >= 11 is 3.18. The summed E-state index contributed by atoms with van der Waals surface area (Å²) in [5.41, 5.74) is 0.844. The standard InChI is InChI=1S/C13H8BrF2NO/c14-12-5-10(15)2-1-8(12)4-13(18)9-3-11(16)7-17-6-9/h1-3,5-7H,4H2. The minimum Gasteiger partial charge on any atom is -0.294 e. The van der Waals surface area contributed by atoms with Gasteiger partial charge in [0.05, 0.1) is 6.20 Å². The van der Waals surface area contributed by atoms with E-state index in [2.05, 4.69) is 20.9 Å². The zero-order chi connectivity index (χ0) is 13.1. The third kappa shape index (κ3) is 2.98. The summed E-state index contributed by atoms with van der Waals surface area (Å²) in [6, 6.07) is 5.21. The van der Waals surface area contributed by atoms with Crippen molar-refractivity contribution >= 4 is 21.7 Å². The number of pyridine rings is 1. The molecule has 0 aliphatic heterocycles. The maximum Gasteiger partial charge on any atom is 0.168 e. The lowest BCUT2D eigenvalue weighted by Gasteiger charge is -2.04. The molecular formula is C13H8BrF2NO. The number of hydrogen-bond acceptors (Lipinski definition) is 2. The molecule has 18 heavy (non-hydrogen) atoms. The highest BCUT2D eigenvalue weighted by molar-refractivity contribution is 9.10. The molecule has 1 aromatic heterocycles. The Bertz CT molecular complexity index is 601. The molecule has 0 saturated carbocycles. The Morgan fingerprint density at radius 2 is 1.94 bits per heavy atom. The quantitative estimate of drug-likeness (QED) is 0.811. The molecule has 2 rings (SSSR count). The minimum absolute atomic E-state index is 0.0615. The normalized spacial score (nSPS) is 10.4. The second kappa shape index (κ2) is 5.35. The zero-order valence-electron chi connectivity index (χ0n) is 9.16. The van der Waals surface area contributed by atoms with Gasteiger partial charge in [-0.15, -0.1) is 0 Å². The maximum atomic E-state index is 12.9. The number of carbonyl (C=O) groups is 1. The second-order valence-corrected chi connectivity index (χ2v) is 4.58. The Hall–Kier alpha value is -1.62. The molecule has 0 N–H and O–H groups in total. The van der Waals surface area contributed by atoms with Gasteiger partial charge in [-0.25, -0.2) is 8.78 Å². The van der Waals surface area contributed by atoms with Crippen LogP contribution >= 0.6 is 15.9 Å². The molecule has 2 aromatic rings. The third-order valence-corrected chi connectivity index (χ3v) is 3.13. The first-order valence-corrected chi connectivity index (χ1v) is 5.93. The number of rotatable bonds is 3. The van der Waals surface area contributed by atoms with Gasteiger partial charge in [0.1, 0.15) is 11.6 Å². The van der Waals surface area contributed by atoms with Crippen LogP contribution in [0.25, 0.3) is 0 Å². The van der Waals surface area contributed by atoms with Crippen molar-refractivity contribution in [3.63, 3.8) is 0 Å². The van der Waals surface area contributed by atoms with Gasteiger partial charge >= 0.3 is 0 Å². The molecular weight excluding hydrogens is 304 g/mol. The van der Waals surface area contributed by atoms with Crippen LogP contribution in [0.2, 0.25) is 0 Å². The first-order valence-electron chi connectivity index (χ1n) is 5.14. The summed E-state index contributed by atoms with van der Waals surface area (Å²) in [5, 5.41) is 0. The Balaban J connectivity index is 2.21. The van der Waals surface area contributed by atoms with Gasteiger partial charge < -0.3 is 0 Å². The molecule has 0 atom stereocenters. The molecule has 1 heterocycles. The van der Waals surface area contributed by atoms with Crippen LogP contribution < -0.4 is 0 Å². The Labute approximate surface area is 111 Å². The van der Waals surface area contributed by atoms with Crippen molar-refractivity contribution in [3.05, 3.63) is 63.9 Å². The number of aromatic nitrogens is 1. The van der Waals surface area contributed by atoms with E-state index in [1.54, 1.807) is 0 Å². The number of nitrogens with zero attached hydrogens (tertiary/aromatic N) is 1. The average molecular weight is 312 g/mol. The Morgan fingerprint density at radius 3 is 2.61 bits per heavy atom. The molecule has 92 valence electrons. The van der Waals surface area contributed by atoms with Crippen LogP contribution in [-0.2, 0) is 6.42 Å². The van der Waals surface area contributed by atoms with Crippen molar-refractivity contribution in [3.8, 4) is 0 Å². The SMILES string of the molecule is O=C(Cc1ccc(F)cc1Br)c1cncc(F)c1. The smallest absolute Gasteiger partial charge is 0.168 e. The van der Waals surface area contributed by atoms with Crippen molar-refractivity contribution in [2.45, 2.75) is 6.42 Å². The number of ketones is 1. The highest BCUT2D eigenvalue weighted by Crippen LogP contribution is 2.20. The topological polar surface area (TPSA) is 30.0 Å². The molecule has 2 nitrogen and oxygen atoms in total. The van der Waals surface area contributed by atoms with Crippen LogP contribution in [0.3, 0.4) is 0 Å². The lowest BCUT2D eigenvalue weighted by Crippen LogP contribution is -2.05. The van der Waals surface area contributed by atoms with E-state index in [4.69, 9.17) is 0 Å². The molecule has 0 aliphatic rings. The van der Waals surface area contributed by atoms with Crippen molar-refractivity contribution in [2.75, 3.05) is 0 Å². The predicted octanol–water partition coefficient (Wildman–Crippen LogP) is 3.55. The number of benzene rings is 1. The van der Waals surface area contributed by atoms with Crippen LogP contribution in [0.4, 0.5) is 8.78 Å². The molecule has 1 aromatic carbocycles. The number of hydrogen-bond donors (Lipinski definition) is 0. The fourth-order valence-corrected chi connectivity index (χ4v) is 2.00. The summed E-state index contributed by atoms with van der Waals surface area (Å²) < 4.78 is 26.3. The van der Waals surface area contributed by atoms with Gasteiger partial charge in [-0.05, 0) is 23.8 Å². The van der Waals surface area contributed by atoms with E-state index in [0.29, 0.717) is 10.0 Å². The largest absolute Gasteiger partial charge is 0.294 e. The van der Waals surface area contributed by atoms with Gasteiger partial charge in [0.15, 0.2) is 5.78 Å². The number of carbonyl (C=O) groups excluding carboxylic acids is 1. The lowest BCUT2D eigenvalue weighted by molar-refractivity contribution is 0.0992. The van der Waals surface area contributed by atoms with Gasteiger partial charge in [0, 0.05) is 22.7 Å². The Kier molecular flexibility index (Phi) is 3.81. The summed E-state index contributed by atoms with van der Waals surface area (Å²) in [7, 11) is 0. The van der Waals surface area contributed by atoms with Gasteiger partial charge in [0.2, 0.25) is 0 Å². The lowest BCUT2D eigenvalue weighted by atomic mass is 10.0. The molecule has 0 spiro atoms. The van der Waals surface area contributed by atoms with Gasteiger partial charge in [-0.3, -0.25) is 9.78 Å². The average Bonchev–Trinajstić information content (AvgIpc) is 2.32. The zero-order valence-corrected chi connectivity index (χ0v) is 10.7. The molecule has 0 bridgehead atoms. The number of halogens is 3. The molecule has 0 aliphatic carbocycles. The molecule has 0 fully saturated rings. The van der Waals surface area contributed by atoms with Crippen LogP contribution in [-0.4, -0.2) is 10.8 Å². The van der Waals surface area contributed by atoms with E-state index in [1.807, 2.05) is 0 Å². The van der Waals surface area contributed by atoms with Gasteiger partial charge in [0.25, 0.3) is 0 Å². The summed E-state index contributed by atoms with van der Waals surface area (Å²) in [4.78, 5) is 15.5. The highest BCUT2D eigenvalue weighted by Gasteiger charge is 2.11. The molecule has 0 unspecified atom stereocenters. The minimum atomic E-state index is -0.556. The van der Waals surface area contributed by atoms with E-state index in [-0.39, 0.29) is 23.6 Å². The summed E-state index contributed by atoms with van der Waals surface area (Å²) in [6.45, 7) is 0. The van der Waals surface area contributed by atoms with Crippen LogP contribution in [0, 0.1) is 11.6 Å². The van der Waals surface area contributed by atoms with E-state index in [9.17, 15) is 13.6 Å². The number of Topliss-reactive ketones (excluding diaryl/α,β-unsaturated/α-hetero) is 1. The first-order chi connectivity index (χ1) is 8.56. The van der Waals surface area contributed by atoms with Crippen LogP contribution in [0.5, 0.6) is 0 Å². The predicted molar refractivity (Wildman–Crippen MR) is 66.3 cm³/mol. The Morgan fingerprint density at radius 1 is 1.17 bits per heavy atom.